The Labute approximate surface area is 161 Å². The molecule has 0 aromatic heterocycles. The van der Waals surface area contributed by atoms with Gasteiger partial charge in [0, 0.05) is 32.3 Å². The minimum Gasteiger partial charge on any atom is -0.376 e. The lowest BCUT2D eigenvalue weighted by Gasteiger charge is -2.25. The standard InChI is InChI=1S/C19H29ClN4O2/c1-14(15-7-6-8-16(20)11-15)23-19(22-13-18(25)24(2)3)21-12-17-9-4-5-10-26-17/h6-8,11,14,17H,4-5,9-10,12-13H2,1-3H3,(H2,21,22,23). The summed E-state index contributed by atoms with van der Waals surface area (Å²) in [6.45, 7) is 3.61. The second kappa shape index (κ2) is 10.4. The molecular weight excluding hydrogens is 352 g/mol. The monoisotopic (exact) mass is 380 g/mol. The maximum atomic E-state index is 11.9. The molecule has 6 nitrogen and oxygen atoms in total. The van der Waals surface area contributed by atoms with Crippen LogP contribution in [0.4, 0.5) is 0 Å². The molecule has 0 saturated carbocycles. The third-order valence-corrected chi connectivity index (χ3v) is 4.58. The third kappa shape index (κ3) is 6.84. The molecular formula is C19H29ClN4O2. The van der Waals surface area contributed by atoms with E-state index in [1.165, 1.54) is 11.3 Å². The van der Waals surface area contributed by atoms with Gasteiger partial charge in [-0.25, -0.2) is 4.99 Å². The molecule has 0 radical (unpaired) electrons. The van der Waals surface area contributed by atoms with E-state index in [9.17, 15) is 4.79 Å². The van der Waals surface area contributed by atoms with Crippen LogP contribution in [0.3, 0.4) is 0 Å². The number of likely N-dealkylation sites (N-methyl/N-ethyl adjacent to an activating group) is 1. The normalized spacial score (nSPS) is 18.9. The average molecular weight is 381 g/mol. The fourth-order valence-corrected chi connectivity index (χ4v) is 2.88. The van der Waals surface area contributed by atoms with Gasteiger partial charge in [0.1, 0.15) is 6.54 Å². The van der Waals surface area contributed by atoms with Gasteiger partial charge in [-0.1, -0.05) is 23.7 Å². The maximum absolute atomic E-state index is 11.9. The first-order chi connectivity index (χ1) is 12.5. The summed E-state index contributed by atoms with van der Waals surface area (Å²) in [7, 11) is 3.45. The summed E-state index contributed by atoms with van der Waals surface area (Å²) < 4.78 is 5.76. The lowest BCUT2D eigenvalue weighted by Crippen LogP contribution is -2.44. The number of rotatable bonds is 6. The van der Waals surface area contributed by atoms with Crippen LogP contribution in [0.2, 0.25) is 5.02 Å². The summed E-state index contributed by atoms with van der Waals surface area (Å²) in [6.07, 6.45) is 3.53. The molecule has 0 bridgehead atoms. The van der Waals surface area contributed by atoms with Crippen molar-refractivity contribution in [3.8, 4) is 0 Å². The van der Waals surface area contributed by atoms with E-state index < -0.39 is 0 Å². The molecule has 1 aliphatic rings. The zero-order valence-electron chi connectivity index (χ0n) is 15.8. The van der Waals surface area contributed by atoms with Crippen LogP contribution in [0.15, 0.2) is 29.3 Å². The van der Waals surface area contributed by atoms with E-state index in [-0.39, 0.29) is 24.6 Å². The topological polar surface area (TPSA) is 66.0 Å². The van der Waals surface area contributed by atoms with E-state index in [1.807, 2.05) is 31.2 Å². The van der Waals surface area contributed by atoms with Gasteiger partial charge in [-0.15, -0.1) is 0 Å². The molecule has 1 aliphatic heterocycles. The van der Waals surface area contributed by atoms with Crippen molar-refractivity contribution >= 4 is 23.5 Å². The first kappa shape index (κ1) is 20.5. The molecule has 2 N–H and O–H groups in total. The Kier molecular flexibility index (Phi) is 8.19. The number of hydrogen-bond acceptors (Lipinski definition) is 3. The van der Waals surface area contributed by atoms with Gasteiger partial charge in [-0.2, -0.15) is 0 Å². The van der Waals surface area contributed by atoms with Crippen LogP contribution in [-0.4, -0.2) is 56.7 Å². The van der Waals surface area contributed by atoms with Gasteiger partial charge in [-0.05, 0) is 43.9 Å². The van der Waals surface area contributed by atoms with Gasteiger partial charge < -0.3 is 20.3 Å². The molecule has 0 aliphatic carbocycles. The fraction of sp³-hybridized carbons (Fsp3) is 0.579. The highest BCUT2D eigenvalue weighted by Gasteiger charge is 2.16. The van der Waals surface area contributed by atoms with Crippen LogP contribution in [0, 0.1) is 0 Å². The predicted octanol–water partition coefficient (Wildman–Crippen LogP) is 2.59. The number of carbonyl (C=O) groups is 1. The van der Waals surface area contributed by atoms with Gasteiger partial charge in [0.2, 0.25) is 5.91 Å². The highest BCUT2D eigenvalue weighted by molar-refractivity contribution is 6.30. The first-order valence-electron chi connectivity index (χ1n) is 9.08. The van der Waals surface area contributed by atoms with Crippen LogP contribution in [0.25, 0.3) is 0 Å². The summed E-state index contributed by atoms with van der Waals surface area (Å²) in [6, 6.07) is 7.71. The minimum absolute atomic E-state index is 0.00156. The molecule has 1 heterocycles. The van der Waals surface area contributed by atoms with Crippen molar-refractivity contribution in [3.05, 3.63) is 34.9 Å². The van der Waals surface area contributed by atoms with E-state index in [0.29, 0.717) is 17.5 Å². The molecule has 1 fully saturated rings. The van der Waals surface area contributed by atoms with Crippen molar-refractivity contribution in [1.82, 2.24) is 15.5 Å². The van der Waals surface area contributed by atoms with Crippen LogP contribution in [-0.2, 0) is 9.53 Å². The number of amides is 1. The Morgan fingerprint density at radius 1 is 1.42 bits per heavy atom. The van der Waals surface area contributed by atoms with Crippen LogP contribution >= 0.6 is 11.6 Å². The smallest absolute Gasteiger partial charge is 0.243 e. The summed E-state index contributed by atoms with van der Waals surface area (Å²) >= 11 is 6.09. The van der Waals surface area contributed by atoms with E-state index in [2.05, 4.69) is 15.6 Å². The van der Waals surface area contributed by atoms with E-state index in [1.54, 1.807) is 14.1 Å². The second-order valence-corrected chi connectivity index (χ2v) is 7.18. The molecule has 26 heavy (non-hydrogen) atoms. The van der Waals surface area contributed by atoms with Crippen molar-refractivity contribution in [2.24, 2.45) is 4.99 Å². The Bertz CT molecular complexity index is 615. The highest BCUT2D eigenvalue weighted by Crippen LogP contribution is 2.17. The minimum atomic E-state index is -0.0459. The fourth-order valence-electron chi connectivity index (χ4n) is 2.68. The van der Waals surface area contributed by atoms with Crippen molar-refractivity contribution in [1.29, 1.82) is 0 Å². The van der Waals surface area contributed by atoms with Crippen LogP contribution in [0.1, 0.15) is 37.8 Å². The van der Waals surface area contributed by atoms with Gasteiger partial charge in [0.15, 0.2) is 5.96 Å². The largest absolute Gasteiger partial charge is 0.376 e. The van der Waals surface area contributed by atoms with Gasteiger partial charge in [-0.3, -0.25) is 4.79 Å². The van der Waals surface area contributed by atoms with Gasteiger partial charge in [0.05, 0.1) is 12.1 Å². The molecule has 2 unspecified atom stereocenters. The average Bonchev–Trinajstić information content (AvgIpc) is 2.64. The third-order valence-electron chi connectivity index (χ3n) is 4.34. The van der Waals surface area contributed by atoms with Crippen molar-refractivity contribution in [2.75, 3.05) is 33.8 Å². The number of carbonyl (C=O) groups excluding carboxylic acids is 1. The Balaban J connectivity index is 2.00. The molecule has 1 aromatic carbocycles. The summed E-state index contributed by atoms with van der Waals surface area (Å²) in [5.74, 6) is 0.553. The number of nitrogens with zero attached hydrogens (tertiary/aromatic N) is 2. The van der Waals surface area contributed by atoms with Crippen molar-refractivity contribution < 1.29 is 9.53 Å². The molecule has 7 heteroatoms. The quantitative estimate of drug-likeness (QED) is 0.588. The lowest BCUT2D eigenvalue weighted by molar-refractivity contribution is -0.127. The Morgan fingerprint density at radius 2 is 2.23 bits per heavy atom. The molecule has 2 atom stereocenters. The molecule has 2 rings (SSSR count). The zero-order chi connectivity index (χ0) is 18.9. The highest BCUT2D eigenvalue weighted by atomic mass is 35.5. The number of aliphatic imine (C=N–C) groups is 1. The number of nitrogens with one attached hydrogen (secondary N) is 2. The number of benzene rings is 1. The van der Waals surface area contributed by atoms with Crippen molar-refractivity contribution in [3.63, 3.8) is 0 Å². The van der Waals surface area contributed by atoms with E-state index >= 15 is 0 Å². The Hall–Kier alpha value is -1.79. The zero-order valence-corrected chi connectivity index (χ0v) is 16.6. The summed E-state index contributed by atoms with van der Waals surface area (Å²) in [5, 5.41) is 7.35. The second-order valence-electron chi connectivity index (χ2n) is 6.74. The van der Waals surface area contributed by atoms with Gasteiger partial charge >= 0.3 is 0 Å². The SMILES string of the molecule is CC(NC(=NCC(=O)N(C)C)NCC1CCCCO1)c1cccc(Cl)c1. The maximum Gasteiger partial charge on any atom is 0.243 e. The van der Waals surface area contributed by atoms with E-state index in [0.717, 1.165) is 25.0 Å². The lowest BCUT2D eigenvalue weighted by atomic mass is 10.1. The molecule has 144 valence electrons. The van der Waals surface area contributed by atoms with Crippen LogP contribution in [0.5, 0.6) is 0 Å². The summed E-state index contributed by atoms with van der Waals surface area (Å²) in [4.78, 5) is 17.8. The predicted molar refractivity (Wildman–Crippen MR) is 106 cm³/mol. The molecule has 1 amide bonds. The van der Waals surface area contributed by atoms with Gasteiger partial charge in [0.25, 0.3) is 0 Å². The number of ether oxygens (including phenoxy) is 1. The van der Waals surface area contributed by atoms with Crippen molar-refractivity contribution in [2.45, 2.75) is 38.3 Å². The van der Waals surface area contributed by atoms with Crippen LogP contribution < -0.4 is 10.6 Å². The molecule has 0 spiro atoms. The van der Waals surface area contributed by atoms with E-state index in [4.69, 9.17) is 16.3 Å². The number of guanidine groups is 1. The molecule has 1 saturated heterocycles. The Morgan fingerprint density at radius 3 is 2.88 bits per heavy atom. The number of halogens is 1. The summed E-state index contributed by atoms with van der Waals surface area (Å²) in [5.41, 5.74) is 1.06. The molecule has 1 aromatic rings. The number of hydrogen-bond donors (Lipinski definition) is 2. The first-order valence-corrected chi connectivity index (χ1v) is 9.45.